The van der Waals surface area contributed by atoms with Crippen molar-refractivity contribution < 1.29 is 0 Å². The Hall–Kier alpha value is -0.930. The van der Waals surface area contributed by atoms with Crippen molar-refractivity contribution in [3.05, 3.63) is 35.4 Å². The average molecular weight is 250 g/mol. The smallest absolute Gasteiger partial charge is 0.0870 e. The second kappa shape index (κ2) is 5.61. The molecular weight excluding hydrogens is 228 g/mol. The third-order valence-corrected chi connectivity index (χ3v) is 2.83. The van der Waals surface area contributed by atoms with Crippen LogP contribution in [0.4, 0.5) is 0 Å². The molecule has 0 bridgehead atoms. The van der Waals surface area contributed by atoms with Gasteiger partial charge in [-0.1, -0.05) is 57.3 Å². The fraction of sp³-hybridized carbons (Fsp3) is 0.500. The summed E-state index contributed by atoms with van der Waals surface area (Å²) >= 11 is 4.89. The van der Waals surface area contributed by atoms with Crippen molar-refractivity contribution in [3.8, 4) is 0 Å². The molecule has 2 N–H and O–H groups in total. The maximum atomic E-state index is 5.52. The summed E-state index contributed by atoms with van der Waals surface area (Å²) in [5, 5.41) is 0. The number of nitrogens with two attached hydrogens (primary N) is 1. The van der Waals surface area contributed by atoms with E-state index in [9.17, 15) is 0 Å². The number of hydrogen-bond acceptors (Lipinski definition) is 2. The van der Waals surface area contributed by atoms with Gasteiger partial charge in [-0.2, -0.15) is 0 Å². The summed E-state index contributed by atoms with van der Waals surface area (Å²) in [4.78, 5) is 2.66. The first-order valence-corrected chi connectivity index (χ1v) is 6.26. The summed E-state index contributed by atoms with van der Waals surface area (Å²) in [5.41, 5.74) is 8.38. The number of benzene rings is 1. The average Bonchev–Trinajstić information content (AvgIpc) is 2.15. The predicted octanol–water partition coefficient (Wildman–Crippen LogP) is 2.70. The van der Waals surface area contributed by atoms with E-state index >= 15 is 0 Å². The van der Waals surface area contributed by atoms with E-state index in [1.54, 1.807) is 0 Å². The van der Waals surface area contributed by atoms with Crippen LogP contribution in [0.15, 0.2) is 24.3 Å². The topological polar surface area (TPSA) is 29.3 Å². The molecule has 0 aliphatic carbocycles. The maximum absolute atomic E-state index is 5.52. The van der Waals surface area contributed by atoms with Crippen molar-refractivity contribution in [2.24, 2.45) is 5.73 Å². The molecule has 0 unspecified atom stereocenters. The minimum absolute atomic E-state index is 0.212. The van der Waals surface area contributed by atoms with Gasteiger partial charge in [-0.3, -0.25) is 4.90 Å². The molecule has 0 spiro atoms. The molecule has 3 heteroatoms. The minimum Gasteiger partial charge on any atom is -0.392 e. The second-order valence-electron chi connectivity index (χ2n) is 5.59. The zero-order valence-corrected chi connectivity index (χ0v) is 12.0. The lowest BCUT2D eigenvalue weighted by Crippen LogP contribution is -2.28. The summed E-state index contributed by atoms with van der Waals surface area (Å²) in [6.45, 7) is 8.21. The molecule has 0 atom stereocenters. The van der Waals surface area contributed by atoms with Crippen molar-refractivity contribution in [2.45, 2.75) is 32.7 Å². The molecule has 0 aromatic heterocycles. The Labute approximate surface area is 110 Å². The first-order chi connectivity index (χ1) is 7.79. The molecule has 94 valence electrons. The quantitative estimate of drug-likeness (QED) is 0.833. The van der Waals surface area contributed by atoms with Crippen LogP contribution in [0.3, 0.4) is 0 Å². The highest BCUT2D eigenvalue weighted by atomic mass is 32.1. The van der Waals surface area contributed by atoms with E-state index in [1.165, 1.54) is 11.1 Å². The van der Waals surface area contributed by atoms with Gasteiger partial charge in [-0.25, -0.2) is 0 Å². The molecule has 0 aliphatic heterocycles. The molecule has 0 fully saturated rings. The highest BCUT2D eigenvalue weighted by Crippen LogP contribution is 2.22. The van der Waals surface area contributed by atoms with E-state index in [0.29, 0.717) is 11.5 Å². The summed E-state index contributed by atoms with van der Waals surface area (Å²) in [6, 6.07) is 8.75. The number of hydrogen-bond donors (Lipinski definition) is 1. The molecule has 0 radical (unpaired) electrons. The Morgan fingerprint density at radius 1 is 1.24 bits per heavy atom. The molecular formula is C14H22N2S. The lowest BCUT2D eigenvalue weighted by Gasteiger charge is -2.20. The van der Waals surface area contributed by atoms with Crippen LogP contribution in [0.5, 0.6) is 0 Å². The van der Waals surface area contributed by atoms with Gasteiger partial charge in [0.1, 0.15) is 0 Å². The van der Waals surface area contributed by atoms with Gasteiger partial charge in [0.25, 0.3) is 0 Å². The lowest BCUT2D eigenvalue weighted by atomic mass is 9.87. The first-order valence-electron chi connectivity index (χ1n) is 5.85. The van der Waals surface area contributed by atoms with Crippen molar-refractivity contribution in [1.29, 1.82) is 0 Å². The molecule has 1 aromatic rings. The molecule has 0 heterocycles. The first kappa shape index (κ1) is 14.1. The molecule has 2 nitrogen and oxygen atoms in total. The van der Waals surface area contributed by atoms with Crippen LogP contribution < -0.4 is 5.73 Å². The highest BCUT2D eigenvalue weighted by Gasteiger charge is 2.12. The predicted molar refractivity (Wildman–Crippen MR) is 78.3 cm³/mol. The largest absolute Gasteiger partial charge is 0.392 e. The van der Waals surface area contributed by atoms with Crippen LogP contribution in [0, 0.1) is 0 Å². The molecule has 1 aromatic carbocycles. The number of rotatable bonds is 4. The normalized spacial score (nSPS) is 11.8. The van der Waals surface area contributed by atoms with E-state index in [1.807, 2.05) is 7.05 Å². The molecule has 17 heavy (non-hydrogen) atoms. The van der Waals surface area contributed by atoms with E-state index in [2.05, 4.69) is 49.9 Å². The Kier molecular flexibility index (Phi) is 4.66. The number of likely N-dealkylation sites (N-methyl/N-ethyl adjacent to an activating group) is 1. The highest BCUT2D eigenvalue weighted by molar-refractivity contribution is 7.80. The van der Waals surface area contributed by atoms with Gasteiger partial charge in [0, 0.05) is 13.1 Å². The van der Waals surface area contributed by atoms with Crippen LogP contribution in [0.25, 0.3) is 0 Å². The Bertz CT molecular complexity index is 376. The van der Waals surface area contributed by atoms with E-state index in [0.717, 1.165) is 6.54 Å². The van der Waals surface area contributed by atoms with Gasteiger partial charge >= 0.3 is 0 Å². The fourth-order valence-electron chi connectivity index (χ4n) is 1.74. The monoisotopic (exact) mass is 250 g/mol. The molecule has 1 rings (SSSR count). The lowest BCUT2D eigenvalue weighted by molar-refractivity contribution is 0.374. The van der Waals surface area contributed by atoms with Gasteiger partial charge in [-0.15, -0.1) is 0 Å². The standard InChI is InChI=1S/C14H22N2S/c1-14(2,3)12-7-5-11(6-8-12)9-16(4)10-13(15)17/h5-8H,9-10H2,1-4H3,(H2,15,17). The van der Waals surface area contributed by atoms with E-state index in [-0.39, 0.29) is 5.41 Å². The number of nitrogens with zero attached hydrogens (tertiary/aromatic N) is 1. The zero-order chi connectivity index (χ0) is 13.1. The Morgan fingerprint density at radius 2 is 1.76 bits per heavy atom. The second-order valence-corrected chi connectivity index (χ2v) is 6.11. The van der Waals surface area contributed by atoms with Crippen LogP contribution in [-0.2, 0) is 12.0 Å². The van der Waals surface area contributed by atoms with Gasteiger partial charge in [0.2, 0.25) is 0 Å². The van der Waals surface area contributed by atoms with Crippen LogP contribution in [0.2, 0.25) is 0 Å². The van der Waals surface area contributed by atoms with Gasteiger partial charge < -0.3 is 5.73 Å². The SMILES string of the molecule is CN(CC(N)=S)Cc1ccc(C(C)(C)C)cc1. The Balaban J connectivity index is 2.66. The third kappa shape index (κ3) is 4.84. The summed E-state index contributed by atoms with van der Waals surface area (Å²) < 4.78 is 0. The summed E-state index contributed by atoms with van der Waals surface area (Å²) in [6.07, 6.45) is 0. The van der Waals surface area contributed by atoms with Crippen LogP contribution >= 0.6 is 12.2 Å². The van der Waals surface area contributed by atoms with Crippen molar-refractivity contribution in [2.75, 3.05) is 13.6 Å². The number of thiocarbonyl (C=S) groups is 1. The van der Waals surface area contributed by atoms with Crippen LogP contribution in [0.1, 0.15) is 31.9 Å². The summed E-state index contributed by atoms with van der Waals surface area (Å²) in [5.74, 6) is 0. The van der Waals surface area contributed by atoms with E-state index < -0.39 is 0 Å². The van der Waals surface area contributed by atoms with Gasteiger partial charge in [-0.05, 0) is 23.6 Å². The summed E-state index contributed by atoms with van der Waals surface area (Å²) in [7, 11) is 2.02. The van der Waals surface area contributed by atoms with Gasteiger partial charge in [0.05, 0.1) is 4.99 Å². The molecule has 0 saturated carbocycles. The fourth-order valence-corrected chi connectivity index (χ4v) is 1.96. The molecule has 0 amide bonds. The zero-order valence-electron chi connectivity index (χ0n) is 11.2. The Morgan fingerprint density at radius 3 is 2.18 bits per heavy atom. The van der Waals surface area contributed by atoms with Gasteiger partial charge in [0.15, 0.2) is 0 Å². The third-order valence-electron chi connectivity index (χ3n) is 2.70. The molecule has 0 aliphatic rings. The molecule has 0 saturated heterocycles. The van der Waals surface area contributed by atoms with Crippen molar-refractivity contribution in [3.63, 3.8) is 0 Å². The maximum Gasteiger partial charge on any atom is 0.0870 e. The minimum atomic E-state index is 0.212. The van der Waals surface area contributed by atoms with Crippen LogP contribution in [-0.4, -0.2) is 23.5 Å². The van der Waals surface area contributed by atoms with E-state index in [4.69, 9.17) is 18.0 Å². The van der Waals surface area contributed by atoms with Crippen molar-refractivity contribution in [1.82, 2.24) is 4.90 Å². The van der Waals surface area contributed by atoms with Crippen molar-refractivity contribution >= 4 is 17.2 Å².